The molecule has 0 saturated carbocycles. The quantitative estimate of drug-likeness (QED) is 0.149. The molecule has 0 radical (unpaired) electrons. The fourth-order valence-electron chi connectivity index (χ4n) is 9.66. The monoisotopic (exact) mass is 740 g/mol. The Morgan fingerprint density at radius 1 is 0.554 bits per heavy atom. The van der Waals surface area contributed by atoms with Crippen molar-refractivity contribution in [3.05, 3.63) is 234 Å². The van der Waals surface area contributed by atoms with Crippen LogP contribution in [0.15, 0.2) is 211 Å². The Balaban J connectivity index is 0.950. The molecule has 4 aliphatic rings. The largest absolute Gasteiger partial charge is 0.313 e. The van der Waals surface area contributed by atoms with E-state index < -0.39 is 7.14 Å². The van der Waals surface area contributed by atoms with Crippen LogP contribution in [-0.2, 0) is 4.57 Å². The minimum Gasteiger partial charge on any atom is -0.313 e. The van der Waals surface area contributed by atoms with Gasteiger partial charge in [-0.05, 0) is 105 Å². The molecule has 1 heterocycles. The van der Waals surface area contributed by atoms with Crippen LogP contribution >= 0.6 is 7.14 Å². The maximum atomic E-state index is 16.1. The van der Waals surface area contributed by atoms with Crippen molar-refractivity contribution in [1.29, 1.82) is 0 Å². The maximum absolute atomic E-state index is 16.1. The van der Waals surface area contributed by atoms with Crippen LogP contribution in [0.1, 0.15) is 65.7 Å². The third kappa shape index (κ3) is 6.35. The van der Waals surface area contributed by atoms with Crippen LogP contribution in [-0.4, -0.2) is 5.66 Å². The highest BCUT2D eigenvalue weighted by Crippen LogP contribution is 2.62. The Morgan fingerprint density at radius 3 is 2.00 bits per heavy atom. The molecule has 6 aromatic rings. The predicted octanol–water partition coefficient (Wildman–Crippen LogP) is 13.3. The van der Waals surface area contributed by atoms with Gasteiger partial charge >= 0.3 is 0 Å². The lowest BCUT2D eigenvalue weighted by molar-refractivity contribution is 0.581. The van der Waals surface area contributed by atoms with Crippen molar-refractivity contribution < 1.29 is 4.57 Å². The van der Waals surface area contributed by atoms with Crippen LogP contribution in [0.4, 0.5) is 0 Å². The topological polar surface area (TPSA) is 17.1 Å². The first-order valence-corrected chi connectivity index (χ1v) is 22.0. The highest BCUT2D eigenvalue weighted by Gasteiger charge is 2.49. The molecule has 0 aromatic heterocycles. The molecule has 5 atom stereocenters. The number of rotatable bonds is 7. The predicted molar refractivity (Wildman–Crippen MR) is 236 cm³/mol. The number of fused-ring (bicyclic) bond motifs is 3. The second-order valence-corrected chi connectivity index (χ2v) is 18.8. The zero-order chi connectivity index (χ0) is 37.5. The summed E-state index contributed by atoms with van der Waals surface area (Å²) in [6.07, 6.45) is 20.4. The zero-order valence-corrected chi connectivity index (χ0v) is 32.4. The Bertz CT molecular complexity index is 2620. The van der Waals surface area contributed by atoms with E-state index in [0.29, 0.717) is 5.92 Å². The van der Waals surface area contributed by atoms with Gasteiger partial charge in [-0.25, -0.2) is 0 Å². The molecule has 2 heteroatoms. The van der Waals surface area contributed by atoms with Gasteiger partial charge in [-0.3, -0.25) is 0 Å². The van der Waals surface area contributed by atoms with E-state index >= 15 is 4.57 Å². The molecule has 10 rings (SSSR count). The summed E-state index contributed by atoms with van der Waals surface area (Å²) in [7, 11) is -3.03. The Morgan fingerprint density at radius 2 is 1.23 bits per heavy atom. The van der Waals surface area contributed by atoms with Crippen molar-refractivity contribution >= 4 is 23.3 Å². The summed E-state index contributed by atoms with van der Waals surface area (Å²) in [5.74, 6) is 0.756. The lowest BCUT2D eigenvalue weighted by atomic mass is 9.78. The SMILES string of the molecule is O=P1(c2ccccc2)c2cc(C3C=CC=C(c4cccc(-c5ccccc5)c4)C3)ccc2C2C=CC(C3=CCCC(c4cccc(-c5ccccc5)c4)C3)=CC21. The van der Waals surface area contributed by atoms with Gasteiger partial charge in [0.25, 0.3) is 0 Å². The Labute approximate surface area is 331 Å². The van der Waals surface area contributed by atoms with E-state index in [4.69, 9.17) is 0 Å². The van der Waals surface area contributed by atoms with Gasteiger partial charge in [0.2, 0.25) is 0 Å². The molecule has 0 bridgehead atoms. The average Bonchev–Trinajstić information content (AvgIpc) is 3.54. The van der Waals surface area contributed by atoms with Gasteiger partial charge in [0.15, 0.2) is 7.14 Å². The maximum Gasteiger partial charge on any atom is 0.151 e. The van der Waals surface area contributed by atoms with Gasteiger partial charge < -0.3 is 4.57 Å². The van der Waals surface area contributed by atoms with Crippen LogP contribution in [0.2, 0.25) is 0 Å². The first-order valence-electron chi connectivity index (χ1n) is 20.2. The number of hydrogen-bond donors (Lipinski definition) is 0. The summed E-state index contributed by atoms with van der Waals surface area (Å²) in [5.41, 5.74) is 14.0. The molecule has 0 saturated heterocycles. The molecule has 0 fully saturated rings. The molecule has 56 heavy (non-hydrogen) atoms. The molecule has 0 amide bonds. The van der Waals surface area contributed by atoms with Gasteiger partial charge in [-0.1, -0.05) is 188 Å². The van der Waals surface area contributed by atoms with Gasteiger partial charge in [0.1, 0.15) is 0 Å². The second-order valence-electron chi connectivity index (χ2n) is 15.8. The summed E-state index contributed by atoms with van der Waals surface area (Å²) in [6.45, 7) is 0. The first-order chi connectivity index (χ1) is 27.6. The Hall–Kier alpha value is -5.75. The normalized spacial score (nSPS) is 23.8. The van der Waals surface area contributed by atoms with Crippen molar-refractivity contribution in [3.8, 4) is 22.3 Å². The second kappa shape index (κ2) is 14.7. The van der Waals surface area contributed by atoms with E-state index in [1.807, 2.05) is 6.07 Å². The average molecular weight is 741 g/mol. The lowest BCUT2D eigenvalue weighted by Gasteiger charge is -2.29. The summed E-state index contributed by atoms with van der Waals surface area (Å²) >= 11 is 0. The molecular formula is C54H45OP. The Kier molecular flexibility index (Phi) is 9.13. The van der Waals surface area contributed by atoms with Crippen molar-refractivity contribution in [2.75, 3.05) is 0 Å². The van der Waals surface area contributed by atoms with Crippen LogP contribution in [0, 0.1) is 0 Å². The molecule has 1 nitrogen and oxygen atoms in total. The van der Waals surface area contributed by atoms with Gasteiger partial charge in [-0.2, -0.15) is 0 Å². The van der Waals surface area contributed by atoms with Crippen molar-refractivity contribution in [1.82, 2.24) is 0 Å². The van der Waals surface area contributed by atoms with E-state index in [1.165, 1.54) is 61.2 Å². The standard InChI is InChI=1S/C54H45OP/c55-56(50-26-8-3-9-27-50)53-36-48(46-24-12-22-44(34-46)42-20-10-18-40(32-42)38-14-4-1-5-15-38)28-30-51(53)52-31-29-49(37-54(52)56)47-25-13-23-45(35-47)43-21-11-19-41(33-43)39-16-6-2-7-17-39/h1-12,14-22,24-33,36-37,45-46,52,54H,13,23,34-35H2. The molecule has 6 aromatic carbocycles. The highest BCUT2D eigenvalue weighted by molar-refractivity contribution is 7.80. The number of allylic oxidation sites excluding steroid dienone is 10. The fraction of sp³-hybridized carbons (Fsp3) is 0.148. The van der Waals surface area contributed by atoms with Crippen LogP contribution in [0.25, 0.3) is 27.8 Å². The van der Waals surface area contributed by atoms with Crippen molar-refractivity contribution in [2.45, 2.75) is 49.1 Å². The molecule has 0 spiro atoms. The smallest absolute Gasteiger partial charge is 0.151 e. The van der Waals surface area contributed by atoms with E-state index in [0.717, 1.165) is 36.3 Å². The third-order valence-electron chi connectivity index (χ3n) is 12.6. The minimum atomic E-state index is -3.03. The summed E-state index contributed by atoms with van der Waals surface area (Å²) in [6, 6.07) is 56.6. The summed E-state index contributed by atoms with van der Waals surface area (Å²) in [4.78, 5) is 0. The van der Waals surface area contributed by atoms with E-state index in [2.05, 4.69) is 194 Å². The summed E-state index contributed by atoms with van der Waals surface area (Å²) in [5, 5.41) is 2.00. The first kappa shape index (κ1) is 34.7. The zero-order valence-electron chi connectivity index (χ0n) is 31.5. The van der Waals surface area contributed by atoms with E-state index in [1.54, 1.807) is 0 Å². The molecule has 272 valence electrons. The highest BCUT2D eigenvalue weighted by atomic mass is 31.2. The lowest BCUT2D eigenvalue weighted by Crippen LogP contribution is -2.22. The minimum absolute atomic E-state index is 0.0921. The van der Waals surface area contributed by atoms with Crippen LogP contribution in [0.5, 0.6) is 0 Å². The third-order valence-corrected chi connectivity index (χ3v) is 16.1. The number of hydrogen-bond acceptors (Lipinski definition) is 1. The molecule has 3 aliphatic carbocycles. The van der Waals surface area contributed by atoms with E-state index in [-0.39, 0.29) is 17.5 Å². The molecule has 0 N–H and O–H groups in total. The fourth-order valence-corrected chi connectivity index (χ4v) is 13.3. The summed E-state index contributed by atoms with van der Waals surface area (Å²) < 4.78 is 16.1. The molecular weight excluding hydrogens is 696 g/mol. The molecule has 5 unspecified atom stereocenters. The van der Waals surface area contributed by atoms with Crippen molar-refractivity contribution in [2.24, 2.45) is 0 Å². The van der Waals surface area contributed by atoms with Crippen LogP contribution < -0.4 is 10.6 Å². The number of benzene rings is 6. The van der Waals surface area contributed by atoms with E-state index in [9.17, 15) is 0 Å². The van der Waals surface area contributed by atoms with Gasteiger partial charge in [0.05, 0.1) is 0 Å². The van der Waals surface area contributed by atoms with Gasteiger partial charge in [-0.15, -0.1) is 0 Å². The molecule has 1 aliphatic heterocycles. The van der Waals surface area contributed by atoms with Gasteiger partial charge in [0, 0.05) is 28.1 Å². The van der Waals surface area contributed by atoms with Crippen LogP contribution in [0.3, 0.4) is 0 Å². The van der Waals surface area contributed by atoms with Crippen molar-refractivity contribution in [3.63, 3.8) is 0 Å².